The highest BCUT2D eigenvalue weighted by Crippen LogP contribution is 2.23. The number of rotatable bonds is 4. The third-order valence-electron chi connectivity index (χ3n) is 3.28. The molecule has 0 spiro atoms. The van der Waals surface area contributed by atoms with Crippen molar-refractivity contribution in [2.45, 2.75) is 13.0 Å². The first-order valence-electron chi connectivity index (χ1n) is 6.58. The lowest BCUT2D eigenvalue weighted by molar-refractivity contribution is 0.568. The molecule has 1 unspecified atom stereocenters. The zero-order chi connectivity index (χ0) is 13.9. The number of hydrogen-bond donors (Lipinski definition) is 1. The van der Waals surface area contributed by atoms with Gasteiger partial charge in [-0.15, -0.1) is 5.10 Å². The van der Waals surface area contributed by atoms with Crippen LogP contribution < -0.4 is 5.32 Å². The maximum Gasteiger partial charge on any atom is 0.0890 e. The van der Waals surface area contributed by atoms with Crippen molar-refractivity contribution in [2.75, 3.05) is 6.54 Å². The molecule has 0 aliphatic rings. The van der Waals surface area contributed by atoms with Gasteiger partial charge in [-0.1, -0.05) is 18.2 Å². The minimum Gasteiger partial charge on any atom is -0.305 e. The van der Waals surface area contributed by atoms with Gasteiger partial charge in [0, 0.05) is 19.4 Å². The Hall–Kier alpha value is -2.34. The molecule has 0 aliphatic carbocycles. The summed E-state index contributed by atoms with van der Waals surface area (Å²) in [7, 11) is 1.90. The molecule has 0 fully saturated rings. The van der Waals surface area contributed by atoms with Gasteiger partial charge in [0.1, 0.15) is 0 Å². The number of aryl methyl sites for hydroxylation is 1. The van der Waals surface area contributed by atoms with Crippen molar-refractivity contribution in [2.24, 2.45) is 7.05 Å². The van der Waals surface area contributed by atoms with E-state index in [-0.39, 0.29) is 6.04 Å². The van der Waals surface area contributed by atoms with Crippen molar-refractivity contribution in [3.8, 4) is 0 Å². The SMILES string of the molecule is CCNC(c1ccc2nccnc2c1)c1cnnn1C. The fourth-order valence-electron chi connectivity index (χ4n) is 2.32. The van der Waals surface area contributed by atoms with Gasteiger partial charge in [-0.3, -0.25) is 14.6 Å². The molecule has 0 bridgehead atoms. The summed E-state index contributed by atoms with van der Waals surface area (Å²) in [6, 6.07) is 6.16. The van der Waals surface area contributed by atoms with E-state index in [1.807, 2.05) is 13.1 Å². The molecule has 1 atom stereocenters. The molecular weight excluding hydrogens is 252 g/mol. The summed E-state index contributed by atoms with van der Waals surface area (Å²) < 4.78 is 1.79. The molecule has 2 heterocycles. The molecule has 20 heavy (non-hydrogen) atoms. The molecule has 0 radical (unpaired) electrons. The molecule has 0 aliphatic heterocycles. The maximum absolute atomic E-state index is 4.36. The molecule has 102 valence electrons. The summed E-state index contributed by atoms with van der Waals surface area (Å²) in [6.07, 6.45) is 5.20. The summed E-state index contributed by atoms with van der Waals surface area (Å²) in [5.41, 5.74) is 3.94. The average molecular weight is 268 g/mol. The van der Waals surface area contributed by atoms with Crippen LogP contribution in [0.2, 0.25) is 0 Å². The Morgan fingerprint density at radius 3 is 2.70 bits per heavy atom. The number of aromatic nitrogens is 5. The Balaban J connectivity index is 2.07. The van der Waals surface area contributed by atoms with E-state index < -0.39 is 0 Å². The Kier molecular flexibility index (Phi) is 3.39. The van der Waals surface area contributed by atoms with Gasteiger partial charge >= 0.3 is 0 Å². The molecular formula is C14H16N6. The average Bonchev–Trinajstić information content (AvgIpc) is 2.90. The summed E-state index contributed by atoms with van der Waals surface area (Å²) in [5.74, 6) is 0. The number of hydrogen-bond acceptors (Lipinski definition) is 5. The Labute approximate surface area is 116 Å². The van der Waals surface area contributed by atoms with Crippen molar-refractivity contribution in [3.05, 3.63) is 48.0 Å². The van der Waals surface area contributed by atoms with Crippen LogP contribution in [0.5, 0.6) is 0 Å². The van der Waals surface area contributed by atoms with E-state index in [9.17, 15) is 0 Å². The Morgan fingerprint density at radius 1 is 1.20 bits per heavy atom. The van der Waals surface area contributed by atoms with E-state index in [1.165, 1.54) is 0 Å². The van der Waals surface area contributed by atoms with Gasteiger partial charge in [0.05, 0.1) is 29.0 Å². The van der Waals surface area contributed by atoms with Crippen LogP contribution in [-0.2, 0) is 7.05 Å². The zero-order valence-corrected chi connectivity index (χ0v) is 11.5. The molecule has 1 N–H and O–H groups in total. The first-order chi connectivity index (χ1) is 9.79. The van der Waals surface area contributed by atoms with Crippen LogP contribution in [0, 0.1) is 0 Å². The van der Waals surface area contributed by atoms with E-state index in [4.69, 9.17) is 0 Å². The Bertz CT molecular complexity index is 720. The van der Waals surface area contributed by atoms with Gasteiger partial charge in [0.15, 0.2) is 0 Å². The normalized spacial score (nSPS) is 12.7. The fourth-order valence-corrected chi connectivity index (χ4v) is 2.32. The first kappa shape index (κ1) is 12.7. The highest BCUT2D eigenvalue weighted by atomic mass is 15.4. The standard InChI is InChI=1S/C14H16N6/c1-3-15-14(13-9-18-19-20(13)2)10-4-5-11-12(8-10)17-7-6-16-11/h4-9,14-15H,3H2,1-2H3. The smallest absolute Gasteiger partial charge is 0.0890 e. The van der Waals surface area contributed by atoms with Crippen molar-refractivity contribution >= 4 is 11.0 Å². The van der Waals surface area contributed by atoms with Crippen LogP contribution in [0.25, 0.3) is 11.0 Å². The van der Waals surface area contributed by atoms with Gasteiger partial charge in [-0.25, -0.2) is 0 Å². The molecule has 1 aromatic carbocycles. The summed E-state index contributed by atoms with van der Waals surface area (Å²) in [4.78, 5) is 8.65. The largest absolute Gasteiger partial charge is 0.305 e. The maximum atomic E-state index is 4.36. The number of nitrogens with one attached hydrogen (secondary N) is 1. The zero-order valence-electron chi connectivity index (χ0n) is 11.5. The van der Waals surface area contributed by atoms with E-state index in [0.29, 0.717) is 0 Å². The van der Waals surface area contributed by atoms with Crippen LogP contribution in [-0.4, -0.2) is 31.5 Å². The van der Waals surface area contributed by atoms with Crippen molar-refractivity contribution < 1.29 is 0 Å². The van der Waals surface area contributed by atoms with E-state index in [2.05, 4.69) is 44.7 Å². The highest BCUT2D eigenvalue weighted by Gasteiger charge is 2.17. The van der Waals surface area contributed by atoms with E-state index in [0.717, 1.165) is 28.8 Å². The summed E-state index contributed by atoms with van der Waals surface area (Å²) in [6.45, 7) is 2.94. The van der Waals surface area contributed by atoms with E-state index in [1.54, 1.807) is 23.3 Å². The molecule has 0 saturated carbocycles. The van der Waals surface area contributed by atoms with Crippen LogP contribution in [0.3, 0.4) is 0 Å². The molecule has 2 aromatic heterocycles. The lowest BCUT2D eigenvalue weighted by Gasteiger charge is -2.18. The second-order valence-electron chi connectivity index (χ2n) is 4.58. The molecule has 0 saturated heterocycles. The Morgan fingerprint density at radius 2 is 2.00 bits per heavy atom. The van der Waals surface area contributed by atoms with Gasteiger partial charge in [0.25, 0.3) is 0 Å². The van der Waals surface area contributed by atoms with E-state index >= 15 is 0 Å². The second-order valence-corrected chi connectivity index (χ2v) is 4.58. The minimum absolute atomic E-state index is 0.0476. The highest BCUT2D eigenvalue weighted by molar-refractivity contribution is 5.74. The third kappa shape index (κ3) is 2.25. The fraction of sp³-hybridized carbons (Fsp3) is 0.286. The lowest BCUT2D eigenvalue weighted by Crippen LogP contribution is -2.24. The van der Waals surface area contributed by atoms with Crippen molar-refractivity contribution in [3.63, 3.8) is 0 Å². The van der Waals surface area contributed by atoms with Crippen molar-refractivity contribution in [1.29, 1.82) is 0 Å². The number of fused-ring (bicyclic) bond motifs is 1. The van der Waals surface area contributed by atoms with Gasteiger partial charge in [-0.2, -0.15) is 0 Å². The summed E-state index contributed by atoms with van der Waals surface area (Å²) >= 11 is 0. The van der Waals surface area contributed by atoms with Gasteiger partial charge in [-0.05, 0) is 24.2 Å². The topological polar surface area (TPSA) is 68.5 Å². The predicted molar refractivity (Wildman–Crippen MR) is 76.1 cm³/mol. The number of nitrogens with zero attached hydrogens (tertiary/aromatic N) is 5. The molecule has 0 amide bonds. The first-order valence-corrected chi connectivity index (χ1v) is 6.58. The van der Waals surface area contributed by atoms with Crippen LogP contribution in [0.1, 0.15) is 24.2 Å². The predicted octanol–water partition coefficient (Wildman–Crippen LogP) is 1.46. The second kappa shape index (κ2) is 5.34. The van der Waals surface area contributed by atoms with Gasteiger partial charge < -0.3 is 5.32 Å². The van der Waals surface area contributed by atoms with Gasteiger partial charge in [0.2, 0.25) is 0 Å². The lowest BCUT2D eigenvalue weighted by atomic mass is 10.0. The monoisotopic (exact) mass is 268 g/mol. The van der Waals surface area contributed by atoms with Crippen LogP contribution >= 0.6 is 0 Å². The quantitative estimate of drug-likeness (QED) is 0.775. The molecule has 6 heteroatoms. The molecule has 6 nitrogen and oxygen atoms in total. The third-order valence-corrected chi connectivity index (χ3v) is 3.28. The van der Waals surface area contributed by atoms with Crippen LogP contribution in [0.15, 0.2) is 36.8 Å². The number of benzene rings is 1. The minimum atomic E-state index is 0.0476. The molecule has 3 aromatic rings. The van der Waals surface area contributed by atoms with Crippen LogP contribution in [0.4, 0.5) is 0 Å². The molecule has 3 rings (SSSR count). The summed E-state index contributed by atoms with van der Waals surface area (Å²) in [5, 5.41) is 11.4. The van der Waals surface area contributed by atoms with Crippen molar-refractivity contribution in [1.82, 2.24) is 30.3 Å².